The van der Waals surface area contributed by atoms with E-state index in [1.165, 1.54) is 24.3 Å². The normalized spacial score (nSPS) is 24.0. The minimum atomic E-state index is -4.14. The fourth-order valence-corrected chi connectivity index (χ4v) is 4.05. The standard InChI is InChI=1S/C17H22N2O9S/c1-9(21)18-14-11(19-29(26,27)10-5-3-2-4-6-10)7-13(17(24)25)28-16(14)15(23)12(22)8-20/h2-7,11-12,14-16,19-20,22-23H,8H2,1H3,(H,18,21)(H,24,25)/t11-,12?,14+,15+,16+/m0/s1. The highest BCUT2D eigenvalue weighted by Gasteiger charge is 2.44. The summed E-state index contributed by atoms with van der Waals surface area (Å²) in [5.74, 6) is -2.86. The van der Waals surface area contributed by atoms with Crippen molar-refractivity contribution in [1.82, 2.24) is 10.0 Å². The maximum atomic E-state index is 12.7. The first-order valence-corrected chi connectivity index (χ1v) is 9.98. The minimum absolute atomic E-state index is 0.106. The van der Waals surface area contributed by atoms with Crippen molar-refractivity contribution in [3.63, 3.8) is 0 Å². The number of hydrogen-bond acceptors (Lipinski definition) is 8. The molecule has 11 nitrogen and oxygen atoms in total. The van der Waals surface area contributed by atoms with E-state index in [1.807, 2.05) is 0 Å². The predicted octanol–water partition coefficient (Wildman–Crippen LogP) is -2.08. The molecule has 0 saturated heterocycles. The van der Waals surface area contributed by atoms with Gasteiger partial charge in [-0.25, -0.2) is 17.9 Å². The van der Waals surface area contributed by atoms with Crippen molar-refractivity contribution in [3.8, 4) is 0 Å². The fraction of sp³-hybridized carbons (Fsp3) is 0.412. The van der Waals surface area contributed by atoms with Crippen molar-refractivity contribution in [2.75, 3.05) is 6.61 Å². The zero-order valence-electron chi connectivity index (χ0n) is 15.3. The molecule has 1 aliphatic heterocycles. The van der Waals surface area contributed by atoms with Crippen LogP contribution in [0.4, 0.5) is 0 Å². The van der Waals surface area contributed by atoms with E-state index in [2.05, 4.69) is 10.0 Å². The van der Waals surface area contributed by atoms with Crippen molar-refractivity contribution >= 4 is 21.9 Å². The second-order valence-electron chi connectivity index (χ2n) is 6.35. The highest BCUT2D eigenvalue weighted by molar-refractivity contribution is 7.89. The van der Waals surface area contributed by atoms with Crippen molar-refractivity contribution in [2.24, 2.45) is 0 Å². The first kappa shape index (κ1) is 22.8. The molecule has 1 aliphatic rings. The molecule has 0 spiro atoms. The molecule has 1 amide bonds. The van der Waals surface area contributed by atoms with Gasteiger partial charge in [0.15, 0.2) is 0 Å². The van der Waals surface area contributed by atoms with Crippen molar-refractivity contribution in [2.45, 2.75) is 42.2 Å². The number of sulfonamides is 1. The molecular weight excluding hydrogens is 408 g/mol. The third-order valence-corrected chi connectivity index (χ3v) is 5.65. The Kier molecular flexibility index (Phi) is 7.32. The number of aliphatic hydroxyl groups is 3. The molecule has 0 aliphatic carbocycles. The van der Waals surface area contributed by atoms with Crippen LogP contribution in [0, 0.1) is 0 Å². The number of aliphatic carboxylic acids is 1. The van der Waals surface area contributed by atoms with Gasteiger partial charge in [-0.1, -0.05) is 18.2 Å². The van der Waals surface area contributed by atoms with E-state index < -0.39 is 64.7 Å². The van der Waals surface area contributed by atoms with Crippen LogP contribution in [0.2, 0.25) is 0 Å². The summed E-state index contributed by atoms with van der Waals surface area (Å²) in [4.78, 5) is 23.0. The zero-order valence-corrected chi connectivity index (χ0v) is 16.1. The smallest absolute Gasteiger partial charge is 0.370 e. The molecule has 1 aromatic rings. The monoisotopic (exact) mass is 430 g/mol. The maximum Gasteiger partial charge on any atom is 0.370 e. The van der Waals surface area contributed by atoms with Crippen molar-refractivity contribution in [3.05, 3.63) is 42.2 Å². The lowest BCUT2D eigenvalue weighted by atomic mass is 9.92. The van der Waals surface area contributed by atoms with Gasteiger partial charge in [0, 0.05) is 6.92 Å². The summed E-state index contributed by atoms with van der Waals surface area (Å²) < 4.78 is 32.8. The van der Waals surface area contributed by atoms with Crippen LogP contribution >= 0.6 is 0 Å². The topological polar surface area (TPSA) is 182 Å². The fourth-order valence-electron chi connectivity index (χ4n) is 2.82. The Labute approximate surface area is 166 Å². The molecule has 29 heavy (non-hydrogen) atoms. The lowest BCUT2D eigenvalue weighted by molar-refractivity contribution is -0.146. The Hall–Kier alpha value is -2.51. The summed E-state index contributed by atoms with van der Waals surface area (Å²) in [6.45, 7) is 0.255. The SMILES string of the molecule is CC(=O)N[C@H]1[C@H]([C@H](O)C(O)CO)OC(C(=O)O)=C[C@@H]1NS(=O)(=O)c1ccccc1. The van der Waals surface area contributed by atoms with Gasteiger partial charge in [-0.15, -0.1) is 0 Å². The summed E-state index contributed by atoms with van der Waals surface area (Å²) in [6.07, 6.45) is -4.18. The van der Waals surface area contributed by atoms with E-state index in [0.717, 1.165) is 13.0 Å². The van der Waals surface area contributed by atoms with Crippen LogP contribution in [0.15, 0.2) is 47.1 Å². The van der Waals surface area contributed by atoms with Crippen molar-refractivity contribution < 1.29 is 43.2 Å². The van der Waals surface area contributed by atoms with Crippen LogP contribution in [0.5, 0.6) is 0 Å². The number of carbonyl (C=O) groups excluding carboxylic acids is 1. The number of nitrogens with one attached hydrogen (secondary N) is 2. The van der Waals surface area contributed by atoms with Gasteiger partial charge in [-0.3, -0.25) is 4.79 Å². The molecule has 2 rings (SSSR count). The lowest BCUT2D eigenvalue weighted by Crippen LogP contribution is -2.63. The summed E-state index contributed by atoms with van der Waals surface area (Å²) in [5.41, 5.74) is 0. The molecule has 0 fully saturated rings. The largest absolute Gasteiger partial charge is 0.478 e. The number of carbonyl (C=O) groups is 2. The van der Waals surface area contributed by atoms with Crippen LogP contribution in [0.25, 0.3) is 0 Å². The molecule has 5 atom stereocenters. The van der Waals surface area contributed by atoms with Crippen LogP contribution in [0.1, 0.15) is 6.92 Å². The number of ether oxygens (including phenoxy) is 1. The maximum absolute atomic E-state index is 12.7. The predicted molar refractivity (Wildman–Crippen MR) is 97.8 cm³/mol. The van der Waals surface area contributed by atoms with Crippen LogP contribution in [0.3, 0.4) is 0 Å². The molecule has 0 saturated carbocycles. The average molecular weight is 430 g/mol. The Bertz CT molecular complexity index is 872. The molecule has 0 radical (unpaired) electrons. The Morgan fingerprint density at radius 1 is 1.21 bits per heavy atom. The van der Waals surface area contributed by atoms with Crippen LogP contribution < -0.4 is 10.0 Å². The van der Waals surface area contributed by atoms with Gasteiger partial charge in [0.1, 0.15) is 18.3 Å². The lowest BCUT2D eigenvalue weighted by Gasteiger charge is -2.39. The van der Waals surface area contributed by atoms with Gasteiger partial charge < -0.3 is 30.5 Å². The summed E-state index contributed by atoms with van der Waals surface area (Å²) >= 11 is 0. The van der Waals surface area contributed by atoms with Crippen LogP contribution in [-0.2, 0) is 24.3 Å². The Balaban J connectivity index is 2.47. The number of amides is 1. The number of carboxylic acid groups (broad SMARTS) is 1. The quantitative estimate of drug-likeness (QED) is 0.269. The highest BCUT2D eigenvalue weighted by Crippen LogP contribution is 2.24. The molecular formula is C17H22N2O9S. The molecule has 1 heterocycles. The molecule has 160 valence electrons. The van der Waals surface area contributed by atoms with Crippen molar-refractivity contribution in [1.29, 1.82) is 0 Å². The van der Waals surface area contributed by atoms with Gasteiger partial charge in [0.05, 0.1) is 23.6 Å². The molecule has 6 N–H and O–H groups in total. The zero-order chi connectivity index (χ0) is 21.8. The van der Waals surface area contributed by atoms with Gasteiger partial charge >= 0.3 is 5.97 Å². The molecule has 12 heteroatoms. The summed E-state index contributed by atoms with van der Waals surface area (Å²) in [5, 5.41) is 40.8. The summed E-state index contributed by atoms with van der Waals surface area (Å²) in [6, 6.07) is 4.61. The molecule has 1 unspecified atom stereocenters. The summed E-state index contributed by atoms with van der Waals surface area (Å²) in [7, 11) is -4.14. The number of aliphatic hydroxyl groups excluding tert-OH is 3. The Morgan fingerprint density at radius 3 is 2.34 bits per heavy atom. The molecule has 1 aromatic carbocycles. The van der Waals surface area contributed by atoms with E-state index in [9.17, 15) is 33.3 Å². The van der Waals surface area contributed by atoms with Gasteiger partial charge in [-0.05, 0) is 18.2 Å². The first-order valence-electron chi connectivity index (χ1n) is 8.50. The average Bonchev–Trinajstić information content (AvgIpc) is 2.67. The van der Waals surface area contributed by atoms with E-state index in [-0.39, 0.29) is 4.90 Å². The number of benzene rings is 1. The van der Waals surface area contributed by atoms with E-state index in [4.69, 9.17) is 9.84 Å². The third-order valence-electron chi connectivity index (χ3n) is 4.18. The number of rotatable bonds is 8. The van der Waals surface area contributed by atoms with E-state index in [0.29, 0.717) is 0 Å². The number of hydrogen-bond donors (Lipinski definition) is 6. The van der Waals surface area contributed by atoms with Gasteiger partial charge in [0.2, 0.25) is 21.7 Å². The third kappa shape index (κ3) is 5.52. The van der Waals surface area contributed by atoms with Gasteiger partial charge in [-0.2, -0.15) is 0 Å². The minimum Gasteiger partial charge on any atom is -0.478 e. The Morgan fingerprint density at radius 2 is 1.83 bits per heavy atom. The second kappa shape index (κ2) is 9.33. The van der Waals surface area contributed by atoms with E-state index >= 15 is 0 Å². The second-order valence-corrected chi connectivity index (χ2v) is 8.06. The highest BCUT2D eigenvalue weighted by atomic mass is 32.2. The first-order chi connectivity index (χ1) is 13.6. The molecule has 0 bridgehead atoms. The van der Waals surface area contributed by atoms with E-state index in [1.54, 1.807) is 6.07 Å². The van der Waals surface area contributed by atoms with Crippen LogP contribution in [-0.4, -0.2) is 77.7 Å². The number of carboxylic acids is 1. The molecule has 0 aromatic heterocycles. The van der Waals surface area contributed by atoms with Gasteiger partial charge in [0.25, 0.3) is 0 Å².